The summed E-state index contributed by atoms with van der Waals surface area (Å²) in [4.78, 5) is 74.4. The van der Waals surface area contributed by atoms with Crippen LogP contribution in [0.1, 0.15) is 76.1 Å². The highest BCUT2D eigenvalue weighted by molar-refractivity contribution is 5.97. The molecule has 0 saturated carbocycles. The molecule has 6 bridgehead atoms. The molecule has 3 aliphatic rings. The van der Waals surface area contributed by atoms with E-state index in [-0.39, 0.29) is 44.8 Å². The van der Waals surface area contributed by atoms with Crippen molar-refractivity contribution in [3.8, 4) is 28.1 Å². The van der Waals surface area contributed by atoms with Gasteiger partial charge in [-0.05, 0) is 110 Å². The quantitative estimate of drug-likeness (QED) is 0.108. The Morgan fingerprint density at radius 2 is 1.80 bits per heavy atom. The summed E-state index contributed by atoms with van der Waals surface area (Å²) in [5, 5.41) is 28.2. The zero-order valence-electron chi connectivity index (χ0n) is 42.3. The molecule has 7 rings (SSSR count). The summed E-state index contributed by atoms with van der Waals surface area (Å²) in [5.74, 6) is -3.32. The average molecular weight is 962 g/mol. The van der Waals surface area contributed by atoms with Crippen LogP contribution in [0.15, 0.2) is 67.3 Å². The number of nitrogens with zero attached hydrogens (tertiary/aromatic N) is 5. The highest BCUT2D eigenvalue weighted by Crippen LogP contribution is 2.42. The van der Waals surface area contributed by atoms with Crippen LogP contribution in [-0.2, 0) is 66.0 Å². The van der Waals surface area contributed by atoms with E-state index in [0.29, 0.717) is 43.5 Å². The minimum Gasteiger partial charge on any atom is -0.508 e. The molecule has 4 aromatic rings. The minimum atomic E-state index is -1.93. The van der Waals surface area contributed by atoms with Crippen LogP contribution in [0.5, 0.6) is 5.75 Å². The highest BCUT2D eigenvalue weighted by Gasteiger charge is 2.48. The molecular weight excluding hydrogens is 891 g/mol. The van der Waals surface area contributed by atoms with Crippen LogP contribution in [0, 0.1) is 11.3 Å². The van der Waals surface area contributed by atoms with E-state index in [1.54, 1.807) is 33.1 Å². The summed E-state index contributed by atoms with van der Waals surface area (Å²) in [6.07, 6.45) is 2.49. The fourth-order valence-electron chi connectivity index (χ4n) is 10.6. The summed E-state index contributed by atoms with van der Waals surface area (Å²) in [7, 11) is 7.22. The third kappa shape index (κ3) is 10.9. The van der Waals surface area contributed by atoms with Crippen LogP contribution in [0.3, 0.4) is 0 Å². The number of hydrazine groups is 1. The Labute approximate surface area is 411 Å². The van der Waals surface area contributed by atoms with Crippen molar-refractivity contribution in [3.63, 3.8) is 0 Å². The van der Waals surface area contributed by atoms with Gasteiger partial charge in [0.15, 0.2) is 5.60 Å². The van der Waals surface area contributed by atoms with E-state index in [4.69, 9.17) is 9.47 Å². The number of cyclic esters (lactones) is 1. The van der Waals surface area contributed by atoms with Crippen molar-refractivity contribution in [2.45, 2.75) is 110 Å². The number of likely N-dealkylation sites (N-methyl/N-ethyl adjacent to an activating group) is 1. The smallest absolute Gasteiger partial charge is 0.324 e. The lowest BCUT2D eigenvalue weighted by molar-refractivity contribution is -0.156. The molecule has 1 aromatic heterocycles. The summed E-state index contributed by atoms with van der Waals surface area (Å²) in [5.41, 5.74) is 9.12. The maximum atomic E-state index is 14.8. The SMILES string of the molecule is C=CC(=O)N1CCC(O)(C(=O)N(C)[C@H](C(=O)N[C@H]2Cc3cc(O)cc(c3)-c3ccc4c(c3)c(c(-c3ccc(CN(C)C)cc3COC)n4CC)CC(C)(C)COC(=O)[C@@H]3CCCN(N3)C2=O)C(C)C)C1. The lowest BCUT2D eigenvalue weighted by Crippen LogP contribution is -2.63. The second-order valence-electron chi connectivity index (χ2n) is 20.7. The molecule has 4 heterocycles. The van der Waals surface area contributed by atoms with Gasteiger partial charge in [0.05, 0.1) is 25.5 Å². The molecule has 376 valence electrons. The number of likely N-dealkylation sites (tertiary alicyclic amines) is 1. The standard InChI is InChI=1S/C54H71N7O9/c1-11-46(63)59-21-19-54(68,31-59)52(67)58(9)47(33(3)4)49(64)55-44-25-35-23-37(26-39(62)24-35)36-16-18-45-41(27-36)42(28-53(5,6)32-70-51(66)43-14-13-20-61(56-43)50(44)65)48(60(45)12-2)40-17-15-34(29-57(7)8)22-38(40)30-69-10/h11,15-18,22-24,26-27,33,43-44,47,56,62,68H,1,12-14,19-21,25,28-32H2,2-10H3,(H,55,64)/t43-,44-,47-,54?/m0/s1. The number of esters is 1. The van der Waals surface area contributed by atoms with Gasteiger partial charge in [-0.15, -0.1) is 0 Å². The summed E-state index contributed by atoms with van der Waals surface area (Å²) >= 11 is 0. The topological polar surface area (TPSA) is 186 Å². The zero-order chi connectivity index (χ0) is 50.8. The average Bonchev–Trinajstić information content (AvgIpc) is 3.86. The fourth-order valence-corrected chi connectivity index (χ4v) is 10.6. The number of aryl methyl sites for hydroxylation is 1. The number of hydrogen-bond donors (Lipinski definition) is 4. The Morgan fingerprint density at radius 1 is 1.04 bits per heavy atom. The number of amides is 4. The molecule has 4 amide bonds. The number of aromatic nitrogens is 1. The predicted molar refractivity (Wildman–Crippen MR) is 268 cm³/mol. The zero-order valence-corrected chi connectivity index (χ0v) is 42.3. The number of carbonyl (C=O) groups is 5. The first-order valence-corrected chi connectivity index (χ1v) is 24.4. The van der Waals surface area contributed by atoms with Gasteiger partial charge in [0.25, 0.3) is 11.8 Å². The molecule has 0 spiro atoms. The molecule has 70 heavy (non-hydrogen) atoms. The Kier molecular flexibility index (Phi) is 15.6. The molecule has 2 saturated heterocycles. The lowest BCUT2D eigenvalue weighted by Gasteiger charge is -2.37. The van der Waals surface area contributed by atoms with E-state index < -0.39 is 64.7 Å². The van der Waals surface area contributed by atoms with Gasteiger partial charge in [-0.3, -0.25) is 29.0 Å². The molecule has 0 radical (unpaired) electrons. The molecule has 3 aromatic carbocycles. The molecule has 16 nitrogen and oxygen atoms in total. The maximum absolute atomic E-state index is 14.8. The molecule has 16 heteroatoms. The number of hydrogen-bond acceptors (Lipinski definition) is 11. The number of β-amino-alcohol motifs (C(OH)–C–C–N with tert-alkyl or cyclic N) is 1. The normalized spacial score (nSPS) is 21.1. The van der Waals surface area contributed by atoms with Crippen LogP contribution in [0.2, 0.25) is 0 Å². The van der Waals surface area contributed by atoms with Crippen molar-refractivity contribution in [1.82, 2.24) is 35.0 Å². The van der Waals surface area contributed by atoms with Crippen molar-refractivity contribution >= 4 is 40.5 Å². The molecular formula is C54H71N7O9. The third-order valence-electron chi connectivity index (χ3n) is 13.8. The molecule has 3 aliphatic heterocycles. The number of carbonyl (C=O) groups excluding carboxylic acids is 5. The molecule has 4 atom stereocenters. The van der Waals surface area contributed by atoms with Gasteiger partial charge in [0.2, 0.25) is 11.8 Å². The van der Waals surface area contributed by atoms with E-state index in [0.717, 1.165) is 51.5 Å². The molecule has 2 fully saturated rings. The molecule has 1 unspecified atom stereocenters. The van der Waals surface area contributed by atoms with Gasteiger partial charge in [-0.25, -0.2) is 5.43 Å². The monoisotopic (exact) mass is 962 g/mol. The van der Waals surface area contributed by atoms with Crippen LogP contribution < -0.4 is 10.7 Å². The third-order valence-corrected chi connectivity index (χ3v) is 13.8. The number of ether oxygens (including phenoxy) is 2. The number of aliphatic hydroxyl groups is 1. The summed E-state index contributed by atoms with van der Waals surface area (Å²) in [6.45, 7) is 15.4. The van der Waals surface area contributed by atoms with E-state index in [9.17, 15) is 34.2 Å². The van der Waals surface area contributed by atoms with Gasteiger partial charge in [0.1, 0.15) is 23.9 Å². The van der Waals surface area contributed by atoms with E-state index in [1.165, 1.54) is 27.4 Å². The number of phenols is 1. The number of fused-ring (bicyclic) bond motifs is 6. The Balaban J connectivity index is 1.32. The highest BCUT2D eigenvalue weighted by atomic mass is 16.5. The van der Waals surface area contributed by atoms with Crippen molar-refractivity contribution < 1.29 is 43.7 Å². The van der Waals surface area contributed by atoms with Gasteiger partial charge in [0, 0.05) is 75.1 Å². The van der Waals surface area contributed by atoms with Crippen molar-refractivity contribution in [2.75, 3.05) is 54.5 Å². The van der Waals surface area contributed by atoms with Crippen molar-refractivity contribution in [3.05, 3.63) is 89.5 Å². The summed E-state index contributed by atoms with van der Waals surface area (Å²) < 4.78 is 14.3. The fraction of sp³-hybridized carbons (Fsp3) is 0.500. The number of methoxy groups -OCH3 is 1. The first-order valence-electron chi connectivity index (χ1n) is 24.4. The van der Waals surface area contributed by atoms with Crippen LogP contribution in [-0.4, -0.2) is 142 Å². The number of rotatable bonds is 12. The Hall–Kier alpha value is -6.07. The van der Waals surface area contributed by atoms with Crippen molar-refractivity contribution in [1.29, 1.82) is 0 Å². The van der Waals surface area contributed by atoms with E-state index in [2.05, 4.69) is 77.9 Å². The Morgan fingerprint density at radius 3 is 2.49 bits per heavy atom. The Bertz CT molecular complexity index is 2660. The van der Waals surface area contributed by atoms with Crippen LogP contribution in [0.25, 0.3) is 33.3 Å². The first-order chi connectivity index (χ1) is 33.2. The predicted octanol–water partition coefficient (Wildman–Crippen LogP) is 5.19. The maximum Gasteiger partial charge on any atom is 0.324 e. The summed E-state index contributed by atoms with van der Waals surface area (Å²) in [6, 6.07) is 14.7. The second-order valence-corrected chi connectivity index (χ2v) is 20.7. The van der Waals surface area contributed by atoms with Gasteiger partial charge in [-0.1, -0.05) is 64.6 Å². The number of benzene rings is 3. The van der Waals surface area contributed by atoms with Gasteiger partial charge >= 0.3 is 5.97 Å². The molecule has 0 aliphatic carbocycles. The number of phenolic OH excluding ortho intramolecular Hbond substituents is 1. The van der Waals surface area contributed by atoms with E-state index in [1.807, 2.05) is 26.2 Å². The minimum absolute atomic E-state index is 0.0227. The molecule has 4 N–H and O–H groups in total. The second kappa shape index (κ2) is 21.1. The number of nitrogens with one attached hydrogen (secondary N) is 2. The van der Waals surface area contributed by atoms with E-state index >= 15 is 0 Å². The lowest BCUT2D eigenvalue weighted by atomic mass is 9.83. The van der Waals surface area contributed by atoms with Crippen LogP contribution >= 0.6 is 0 Å². The van der Waals surface area contributed by atoms with Gasteiger partial charge < -0.3 is 44.3 Å². The van der Waals surface area contributed by atoms with Crippen molar-refractivity contribution in [2.24, 2.45) is 11.3 Å². The largest absolute Gasteiger partial charge is 0.508 e. The number of aromatic hydroxyl groups is 1. The van der Waals surface area contributed by atoms with Gasteiger partial charge in [-0.2, -0.15) is 0 Å². The van der Waals surface area contributed by atoms with Crippen LogP contribution in [0.4, 0.5) is 0 Å². The first kappa shape index (κ1) is 51.8.